The van der Waals surface area contributed by atoms with E-state index in [9.17, 15) is 5.11 Å². The van der Waals surface area contributed by atoms with Crippen LogP contribution in [-0.2, 0) is 6.54 Å². The van der Waals surface area contributed by atoms with Crippen molar-refractivity contribution in [2.75, 3.05) is 13.1 Å². The molecular formula is C11H15ClN2O. The van der Waals surface area contributed by atoms with Gasteiger partial charge in [0.05, 0.1) is 11.8 Å². The van der Waals surface area contributed by atoms with Crippen LogP contribution in [0.4, 0.5) is 0 Å². The molecule has 0 aliphatic carbocycles. The van der Waals surface area contributed by atoms with Gasteiger partial charge in [-0.3, -0.25) is 4.90 Å². The summed E-state index contributed by atoms with van der Waals surface area (Å²) in [5.74, 6) is 0. The molecule has 0 saturated carbocycles. The maximum atomic E-state index is 9.52. The van der Waals surface area contributed by atoms with E-state index in [0.717, 1.165) is 38.2 Å². The van der Waals surface area contributed by atoms with Crippen molar-refractivity contribution in [3.8, 4) is 0 Å². The SMILES string of the molecule is O[C@H]1CCCN(Cc2cccc(Cl)n2)C1. The lowest BCUT2D eigenvalue weighted by molar-refractivity contribution is 0.0662. The second-order valence-corrected chi connectivity index (χ2v) is 4.37. The highest BCUT2D eigenvalue weighted by molar-refractivity contribution is 6.29. The van der Waals surface area contributed by atoms with Crippen molar-refractivity contribution in [3.63, 3.8) is 0 Å². The fraction of sp³-hybridized carbons (Fsp3) is 0.545. The number of hydrogen-bond acceptors (Lipinski definition) is 3. The molecule has 1 atom stereocenters. The van der Waals surface area contributed by atoms with Crippen LogP contribution in [0, 0.1) is 0 Å². The Morgan fingerprint density at radius 1 is 1.53 bits per heavy atom. The Bertz CT molecular complexity index is 332. The first kappa shape index (κ1) is 10.9. The minimum absolute atomic E-state index is 0.182. The number of hydrogen-bond donors (Lipinski definition) is 1. The summed E-state index contributed by atoms with van der Waals surface area (Å²) in [5, 5.41) is 10.1. The van der Waals surface area contributed by atoms with Gasteiger partial charge in [0.25, 0.3) is 0 Å². The number of pyridine rings is 1. The van der Waals surface area contributed by atoms with Gasteiger partial charge < -0.3 is 5.11 Å². The maximum Gasteiger partial charge on any atom is 0.129 e. The Morgan fingerprint density at radius 2 is 2.40 bits per heavy atom. The number of aromatic nitrogens is 1. The molecule has 15 heavy (non-hydrogen) atoms. The van der Waals surface area contributed by atoms with Gasteiger partial charge in [-0.2, -0.15) is 0 Å². The van der Waals surface area contributed by atoms with E-state index >= 15 is 0 Å². The summed E-state index contributed by atoms with van der Waals surface area (Å²) < 4.78 is 0. The van der Waals surface area contributed by atoms with Crippen molar-refractivity contribution in [2.24, 2.45) is 0 Å². The summed E-state index contributed by atoms with van der Waals surface area (Å²) in [7, 11) is 0. The number of β-amino-alcohol motifs (C(OH)–C–C–N with tert-alkyl or cyclic N) is 1. The van der Waals surface area contributed by atoms with Gasteiger partial charge in [-0.05, 0) is 31.5 Å². The lowest BCUT2D eigenvalue weighted by Crippen LogP contribution is -2.37. The lowest BCUT2D eigenvalue weighted by Gasteiger charge is -2.29. The molecule has 1 saturated heterocycles. The molecular weight excluding hydrogens is 212 g/mol. The minimum Gasteiger partial charge on any atom is -0.392 e. The van der Waals surface area contributed by atoms with Crippen molar-refractivity contribution in [3.05, 3.63) is 29.0 Å². The quantitative estimate of drug-likeness (QED) is 0.780. The molecule has 0 radical (unpaired) electrons. The second-order valence-electron chi connectivity index (χ2n) is 3.98. The lowest BCUT2D eigenvalue weighted by atomic mass is 10.1. The molecule has 0 aromatic carbocycles. The summed E-state index contributed by atoms with van der Waals surface area (Å²) in [5.41, 5.74) is 0.969. The number of piperidine rings is 1. The molecule has 1 aliphatic heterocycles. The molecule has 3 nitrogen and oxygen atoms in total. The largest absolute Gasteiger partial charge is 0.392 e. The number of halogens is 1. The first-order valence-electron chi connectivity index (χ1n) is 5.26. The van der Waals surface area contributed by atoms with Crippen LogP contribution >= 0.6 is 11.6 Å². The van der Waals surface area contributed by atoms with E-state index in [1.165, 1.54) is 0 Å². The van der Waals surface area contributed by atoms with E-state index in [0.29, 0.717) is 5.15 Å². The van der Waals surface area contributed by atoms with Gasteiger partial charge in [-0.15, -0.1) is 0 Å². The van der Waals surface area contributed by atoms with E-state index < -0.39 is 0 Å². The number of likely N-dealkylation sites (tertiary alicyclic amines) is 1. The van der Waals surface area contributed by atoms with Crippen LogP contribution in [0.5, 0.6) is 0 Å². The van der Waals surface area contributed by atoms with Crippen LogP contribution in [0.2, 0.25) is 5.15 Å². The third-order valence-electron chi connectivity index (χ3n) is 2.64. The average molecular weight is 227 g/mol. The normalized spacial score (nSPS) is 22.9. The molecule has 1 fully saturated rings. The Kier molecular flexibility index (Phi) is 3.57. The first-order chi connectivity index (χ1) is 7.24. The fourth-order valence-corrected chi connectivity index (χ4v) is 2.12. The van der Waals surface area contributed by atoms with E-state index in [1.807, 2.05) is 12.1 Å². The number of rotatable bonds is 2. The van der Waals surface area contributed by atoms with Gasteiger partial charge >= 0.3 is 0 Å². The third kappa shape index (κ3) is 3.16. The van der Waals surface area contributed by atoms with Crippen molar-refractivity contribution in [1.82, 2.24) is 9.88 Å². The van der Waals surface area contributed by atoms with Crippen molar-refractivity contribution in [1.29, 1.82) is 0 Å². The van der Waals surface area contributed by atoms with E-state index in [4.69, 9.17) is 11.6 Å². The molecule has 1 aromatic heterocycles. The second kappa shape index (κ2) is 4.92. The summed E-state index contributed by atoms with van der Waals surface area (Å²) in [4.78, 5) is 6.45. The Balaban J connectivity index is 1.96. The molecule has 82 valence electrons. The molecule has 2 rings (SSSR count). The van der Waals surface area contributed by atoms with Crippen molar-refractivity contribution in [2.45, 2.75) is 25.5 Å². The molecule has 1 aliphatic rings. The highest BCUT2D eigenvalue weighted by atomic mass is 35.5. The molecule has 0 amide bonds. The van der Waals surface area contributed by atoms with E-state index in [2.05, 4.69) is 9.88 Å². The summed E-state index contributed by atoms with van der Waals surface area (Å²) in [6, 6.07) is 5.65. The topological polar surface area (TPSA) is 36.4 Å². The van der Waals surface area contributed by atoms with Gasteiger partial charge in [0.15, 0.2) is 0 Å². The monoisotopic (exact) mass is 226 g/mol. The van der Waals surface area contributed by atoms with E-state index in [1.54, 1.807) is 6.07 Å². The Morgan fingerprint density at radius 3 is 3.13 bits per heavy atom. The van der Waals surface area contributed by atoms with Crippen molar-refractivity contribution < 1.29 is 5.11 Å². The number of aliphatic hydroxyl groups excluding tert-OH is 1. The van der Waals surface area contributed by atoms with Crippen LogP contribution in [0.15, 0.2) is 18.2 Å². The van der Waals surface area contributed by atoms with Crippen LogP contribution in [0.1, 0.15) is 18.5 Å². The van der Waals surface area contributed by atoms with Crippen molar-refractivity contribution >= 4 is 11.6 Å². The molecule has 2 heterocycles. The molecule has 0 unspecified atom stereocenters. The minimum atomic E-state index is -0.182. The zero-order valence-corrected chi connectivity index (χ0v) is 9.32. The van der Waals surface area contributed by atoms with Crippen LogP contribution in [0.3, 0.4) is 0 Å². The van der Waals surface area contributed by atoms with Crippen LogP contribution < -0.4 is 0 Å². The molecule has 0 bridgehead atoms. The van der Waals surface area contributed by atoms with Gasteiger partial charge in [-0.25, -0.2) is 4.98 Å². The van der Waals surface area contributed by atoms with Crippen LogP contribution in [0.25, 0.3) is 0 Å². The molecule has 4 heteroatoms. The first-order valence-corrected chi connectivity index (χ1v) is 5.64. The highest BCUT2D eigenvalue weighted by Gasteiger charge is 2.17. The third-order valence-corrected chi connectivity index (χ3v) is 2.85. The zero-order chi connectivity index (χ0) is 10.7. The highest BCUT2D eigenvalue weighted by Crippen LogP contribution is 2.13. The van der Waals surface area contributed by atoms with Gasteiger partial charge in [0.2, 0.25) is 0 Å². The van der Waals surface area contributed by atoms with Gasteiger partial charge in [0, 0.05) is 13.1 Å². The Hall–Kier alpha value is -0.640. The smallest absolute Gasteiger partial charge is 0.129 e. The standard InChI is InChI=1S/C11H15ClN2O/c12-11-5-1-3-9(13-11)7-14-6-2-4-10(15)8-14/h1,3,5,10,15H,2,4,6-8H2/t10-/m0/s1. The number of nitrogens with zero attached hydrogens (tertiary/aromatic N) is 2. The fourth-order valence-electron chi connectivity index (χ4n) is 1.94. The van der Waals surface area contributed by atoms with Crippen LogP contribution in [-0.4, -0.2) is 34.2 Å². The Labute approximate surface area is 94.7 Å². The van der Waals surface area contributed by atoms with Gasteiger partial charge in [-0.1, -0.05) is 17.7 Å². The number of aliphatic hydroxyl groups is 1. The molecule has 1 N–H and O–H groups in total. The summed E-state index contributed by atoms with van der Waals surface area (Å²) >= 11 is 5.81. The summed E-state index contributed by atoms with van der Waals surface area (Å²) in [6.45, 7) is 2.55. The van der Waals surface area contributed by atoms with E-state index in [-0.39, 0.29) is 6.10 Å². The van der Waals surface area contributed by atoms with Gasteiger partial charge in [0.1, 0.15) is 5.15 Å². The maximum absolute atomic E-state index is 9.52. The average Bonchev–Trinajstić information content (AvgIpc) is 2.17. The summed E-state index contributed by atoms with van der Waals surface area (Å²) in [6.07, 6.45) is 1.79. The predicted molar refractivity (Wildman–Crippen MR) is 59.8 cm³/mol. The zero-order valence-electron chi connectivity index (χ0n) is 8.56. The molecule has 0 spiro atoms. The predicted octanol–water partition coefficient (Wildman–Crippen LogP) is 1.69. The molecule has 1 aromatic rings.